The number of para-hydroxylation sites is 1. The van der Waals surface area contributed by atoms with Gasteiger partial charge in [-0.3, -0.25) is 4.79 Å². The van der Waals surface area contributed by atoms with Crippen molar-refractivity contribution in [1.82, 2.24) is 0 Å². The van der Waals surface area contributed by atoms with Crippen LogP contribution in [0.3, 0.4) is 0 Å². The molecule has 0 aliphatic heterocycles. The first-order valence-electron chi connectivity index (χ1n) is 7.52. The average molecular weight is 318 g/mol. The van der Waals surface area contributed by atoms with E-state index in [-0.39, 0.29) is 11.5 Å². The van der Waals surface area contributed by atoms with E-state index in [2.05, 4.69) is 0 Å². The third-order valence-electron chi connectivity index (χ3n) is 3.41. The lowest BCUT2D eigenvalue weighted by Gasteiger charge is -2.07. The van der Waals surface area contributed by atoms with E-state index in [0.717, 1.165) is 0 Å². The molecule has 118 valence electrons. The zero-order chi connectivity index (χ0) is 16.8. The number of hydrogen-bond donors (Lipinski definition) is 0. The van der Waals surface area contributed by atoms with E-state index in [1.54, 1.807) is 42.5 Å². The van der Waals surface area contributed by atoms with Crippen LogP contribution in [0.1, 0.15) is 15.9 Å². The summed E-state index contributed by atoms with van der Waals surface area (Å²) in [6.45, 7) is 0. The van der Waals surface area contributed by atoms with Crippen molar-refractivity contribution in [2.45, 2.75) is 0 Å². The summed E-state index contributed by atoms with van der Waals surface area (Å²) in [5.41, 5.74) is 1.29. The van der Waals surface area contributed by atoms with Crippen LogP contribution in [0.4, 0.5) is 4.39 Å². The lowest BCUT2D eigenvalue weighted by Crippen LogP contribution is -1.93. The Morgan fingerprint density at radius 1 is 0.875 bits per heavy atom. The summed E-state index contributed by atoms with van der Waals surface area (Å²) in [7, 11) is 0. The number of ketones is 1. The molecular formula is C21H15FO2. The molecule has 0 heterocycles. The molecule has 3 aromatic rings. The Labute approximate surface area is 139 Å². The van der Waals surface area contributed by atoms with Gasteiger partial charge < -0.3 is 4.74 Å². The SMILES string of the molecule is O=C(/C=C/c1ccc(F)c(Oc2ccccc2)c1)c1ccccc1. The molecule has 3 heteroatoms. The van der Waals surface area contributed by atoms with Crippen LogP contribution in [0, 0.1) is 5.82 Å². The second kappa shape index (κ2) is 7.38. The summed E-state index contributed by atoms with van der Waals surface area (Å²) >= 11 is 0. The number of benzene rings is 3. The van der Waals surface area contributed by atoms with E-state index >= 15 is 0 Å². The molecule has 0 saturated carbocycles. The Morgan fingerprint density at radius 2 is 1.54 bits per heavy atom. The molecule has 0 N–H and O–H groups in total. The molecule has 0 aromatic heterocycles. The summed E-state index contributed by atoms with van der Waals surface area (Å²) in [5, 5.41) is 0. The molecule has 0 amide bonds. The van der Waals surface area contributed by atoms with Crippen LogP contribution in [0.15, 0.2) is 84.9 Å². The summed E-state index contributed by atoms with van der Waals surface area (Å²) in [6.07, 6.45) is 3.11. The fourth-order valence-electron chi connectivity index (χ4n) is 2.19. The predicted octanol–water partition coefficient (Wildman–Crippen LogP) is 5.51. The second-order valence-corrected chi connectivity index (χ2v) is 5.17. The van der Waals surface area contributed by atoms with E-state index in [1.165, 1.54) is 12.1 Å². The fourth-order valence-corrected chi connectivity index (χ4v) is 2.19. The molecule has 0 aliphatic rings. The molecule has 0 radical (unpaired) electrons. The molecule has 3 aromatic carbocycles. The molecule has 2 nitrogen and oxygen atoms in total. The van der Waals surface area contributed by atoms with Crippen LogP contribution in [-0.4, -0.2) is 5.78 Å². The van der Waals surface area contributed by atoms with E-state index in [9.17, 15) is 9.18 Å². The van der Waals surface area contributed by atoms with E-state index in [1.807, 2.05) is 36.4 Å². The second-order valence-electron chi connectivity index (χ2n) is 5.17. The van der Waals surface area contributed by atoms with Crippen molar-refractivity contribution >= 4 is 11.9 Å². The lowest BCUT2D eigenvalue weighted by molar-refractivity contribution is 0.104. The van der Waals surface area contributed by atoms with Gasteiger partial charge in [0, 0.05) is 5.56 Å². The van der Waals surface area contributed by atoms with Crippen molar-refractivity contribution in [1.29, 1.82) is 0 Å². The van der Waals surface area contributed by atoms with Crippen LogP contribution in [0.5, 0.6) is 11.5 Å². The van der Waals surface area contributed by atoms with Crippen LogP contribution in [-0.2, 0) is 0 Å². The number of allylic oxidation sites excluding steroid dienone is 1. The van der Waals surface area contributed by atoms with Crippen molar-refractivity contribution in [2.75, 3.05) is 0 Å². The van der Waals surface area contributed by atoms with Crippen molar-refractivity contribution in [3.8, 4) is 11.5 Å². The maximum absolute atomic E-state index is 13.9. The minimum Gasteiger partial charge on any atom is -0.454 e. The van der Waals surface area contributed by atoms with Gasteiger partial charge in [0.2, 0.25) is 0 Å². The first-order chi connectivity index (χ1) is 11.7. The van der Waals surface area contributed by atoms with Gasteiger partial charge in [0.05, 0.1) is 0 Å². The molecule has 3 rings (SSSR count). The Hall–Kier alpha value is -3.20. The predicted molar refractivity (Wildman–Crippen MR) is 92.7 cm³/mol. The third kappa shape index (κ3) is 3.96. The minimum atomic E-state index is -0.453. The largest absolute Gasteiger partial charge is 0.454 e. The maximum Gasteiger partial charge on any atom is 0.185 e. The first-order valence-corrected chi connectivity index (χ1v) is 7.52. The van der Waals surface area contributed by atoms with Gasteiger partial charge in [0.15, 0.2) is 17.3 Å². The van der Waals surface area contributed by atoms with Gasteiger partial charge in [-0.25, -0.2) is 4.39 Å². The van der Waals surface area contributed by atoms with E-state index in [4.69, 9.17) is 4.74 Å². The summed E-state index contributed by atoms with van der Waals surface area (Å²) < 4.78 is 19.5. The Kier molecular flexibility index (Phi) is 4.82. The maximum atomic E-state index is 13.9. The minimum absolute atomic E-state index is 0.106. The van der Waals surface area contributed by atoms with Gasteiger partial charge in [-0.15, -0.1) is 0 Å². The molecule has 0 atom stereocenters. The number of hydrogen-bond acceptors (Lipinski definition) is 2. The van der Waals surface area contributed by atoms with Crippen molar-refractivity contribution in [3.63, 3.8) is 0 Å². The van der Waals surface area contributed by atoms with Crippen molar-refractivity contribution in [3.05, 3.63) is 102 Å². The highest BCUT2D eigenvalue weighted by Crippen LogP contribution is 2.25. The number of rotatable bonds is 5. The van der Waals surface area contributed by atoms with Gasteiger partial charge >= 0.3 is 0 Å². The normalized spacial score (nSPS) is 10.7. The zero-order valence-electron chi connectivity index (χ0n) is 12.9. The van der Waals surface area contributed by atoms with Crippen LogP contribution >= 0.6 is 0 Å². The molecule has 0 unspecified atom stereocenters. The monoisotopic (exact) mass is 318 g/mol. The van der Waals surface area contributed by atoms with Crippen LogP contribution < -0.4 is 4.74 Å². The van der Waals surface area contributed by atoms with Gasteiger partial charge in [-0.05, 0) is 35.9 Å². The topological polar surface area (TPSA) is 26.3 Å². The molecule has 24 heavy (non-hydrogen) atoms. The number of carbonyl (C=O) groups excluding carboxylic acids is 1. The Bertz CT molecular complexity index is 856. The summed E-state index contributed by atoms with van der Waals surface area (Å²) in [6, 6.07) is 22.5. The quantitative estimate of drug-likeness (QED) is 0.458. The molecule has 0 aliphatic carbocycles. The van der Waals surface area contributed by atoms with E-state index in [0.29, 0.717) is 16.9 Å². The lowest BCUT2D eigenvalue weighted by atomic mass is 10.1. The van der Waals surface area contributed by atoms with Gasteiger partial charge in [0.1, 0.15) is 5.75 Å². The van der Waals surface area contributed by atoms with Gasteiger partial charge in [-0.1, -0.05) is 60.7 Å². The first kappa shape index (κ1) is 15.7. The third-order valence-corrected chi connectivity index (χ3v) is 3.41. The average Bonchev–Trinajstić information content (AvgIpc) is 2.63. The highest BCUT2D eigenvalue weighted by molar-refractivity contribution is 6.06. The standard InChI is InChI=1S/C21H15FO2/c22-19-13-11-16(12-14-20(23)17-7-3-1-4-8-17)15-21(19)24-18-9-5-2-6-10-18/h1-15H/b14-12+. The van der Waals surface area contributed by atoms with Crippen molar-refractivity contribution in [2.24, 2.45) is 0 Å². The highest BCUT2D eigenvalue weighted by Gasteiger charge is 2.06. The number of carbonyl (C=O) groups is 1. The van der Waals surface area contributed by atoms with E-state index < -0.39 is 5.82 Å². The van der Waals surface area contributed by atoms with Gasteiger partial charge in [-0.2, -0.15) is 0 Å². The van der Waals surface area contributed by atoms with Crippen molar-refractivity contribution < 1.29 is 13.9 Å². The number of ether oxygens (including phenoxy) is 1. The fraction of sp³-hybridized carbons (Fsp3) is 0. The Morgan fingerprint density at radius 3 is 2.25 bits per heavy atom. The van der Waals surface area contributed by atoms with Gasteiger partial charge in [0.25, 0.3) is 0 Å². The molecule has 0 spiro atoms. The Balaban J connectivity index is 1.78. The molecule has 0 fully saturated rings. The summed E-state index contributed by atoms with van der Waals surface area (Å²) in [4.78, 5) is 12.1. The smallest absolute Gasteiger partial charge is 0.185 e. The van der Waals surface area contributed by atoms with Crippen LogP contribution in [0.25, 0.3) is 6.08 Å². The molecule has 0 bridgehead atoms. The summed E-state index contributed by atoms with van der Waals surface area (Å²) in [5.74, 6) is 0.115. The molecule has 0 saturated heterocycles. The zero-order valence-corrected chi connectivity index (χ0v) is 12.9. The number of halogens is 1. The highest BCUT2D eigenvalue weighted by atomic mass is 19.1. The molecular weight excluding hydrogens is 303 g/mol. The van der Waals surface area contributed by atoms with Crippen LogP contribution in [0.2, 0.25) is 0 Å².